The number of aromatic nitrogens is 3. The molecule has 23 heavy (non-hydrogen) atoms. The summed E-state index contributed by atoms with van der Waals surface area (Å²) in [5, 5.41) is 12.4. The molecular formula is C19H27N3O. The van der Waals surface area contributed by atoms with Crippen LogP contribution in [0, 0.1) is 5.92 Å². The van der Waals surface area contributed by atoms with Crippen molar-refractivity contribution in [1.82, 2.24) is 14.8 Å². The van der Waals surface area contributed by atoms with Crippen molar-refractivity contribution >= 4 is 0 Å². The van der Waals surface area contributed by atoms with Gasteiger partial charge >= 0.3 is 0 Å². The minimum atomic E-state index is 0.417. The molecule has 4 heteroatoms. The van der Waals surface area contributed by atoms with Crippen molar-refractivity contribution in [2.75, 3.05) is 6.61 Å². The molecule has 0 radical (unpaired) electrons. The van der Waals surface area contributed by atoms with Gasteiger partial charge in [0.2, 0.25) is 0 Å². The predicted molar refractivity (Wildman–Crippen MR) is 91.2 cm³/mol. The highest BCUT2D eigenvalue weighted by Crippen LogP contribution is 2.39. The number of aryl methyl sites for hydroxylation is 1. The monoisotopic (exact) mass is 313 g/mol. The molecule has 0 atom stereocenters. The average molecular weight is 313 g/mol. The summed E-state index contributed by atoms with van der Waals surface area (Å²) >= 11 is 0. The van der Waals surface area contributed by atoms with Crippen LogP contribution in [0.5, 0.6) is 0 Å². The predicted octanol–water partition coefficient (Wildman–Crippen LogP) is 3.65. The first-order chi connectivity index (χ1) is 11.3. The first-order valence-corrected chi connectivity index (χ1v) is 8.77. The van der Waals surface area contributed by atoms with E-state index in [0.717, 1.165) is 11.7 Å². The highest BCUT2D eigenvalue weighted by molar-refractivity contribution is 5.20. The SMILES string of the molecule is Cn1ncnc1C1CCC(c2ccccc2)CC1.OCC1CC1. The van der Waals surface area contributed by atoms with Crippen LogP contribution in [0.1, 0.15) is 61.7 Å². The van der Waals surface area contributed by atoms with Crippen LogP contribution in [0.3, 0.4) is 0 Å². The molecule has 0 amide bonds. The third-order valence-electron chi connectivity index (χ3n) is 5.06. The Kier molecular flexibility index (Phi) is 5.44. The molecule has 2 aliphatic rings. The highest BCUT2D eigenvalue weighted by atomic mass is 16.3. The van der Waals surface area contributed by atoms with Crippen LogP contribution in [-0.4, -0.2) is 26.5 Å². The Morgan fingerprint density at radius 2 is 1.65 bits per heavy atom. The maximum absolute atomic E-state index is 8.21. The van der Waals surface area contributed by atoms with Gasteiger partial charge in [0.25, 0.3) is 0 Å². The van der Waals surface area contributed by atoms with Crippen LogP contribution in [0.25, 0.3) is 0 Å². The van der Waals surface area contributed by atoms with E-state index in [1.54, 1.807) is 6.33 Å². The van der Waals surface area contributed by atoms with Crippen LogP contribution in [0.15, 0.2) is 36.7 Å². The summed E-state index contributed by atoms with van der Waals surface area (Å²) in [6.45, 7) is 0.417. The lowest BCUT2D eigenvalue weighted by molar-refractivity contribution is 0.277. The van der Waals surface area contributed by atoms with E-state index in [0.29, 0.717) is 18.4 Å². The number of nitrogens with zero attached hydrogens (tertiary/aromatic N) is 3. The molecule has 0 unspecified atom stereocenters. The van der Waals surface area contributed by atoms with Crippen molar-refractivity contribution in [1.29, 1.82) is 0 Å². The molecule has 2 aliphatic carbocycles. The Labute approximate surface area is 138 Å². The molecule has 1 aromatic heterocycles. The van der Waals surface area contributed by atoms with E-state index in [1.165, 1.54) is 44.1 Å². The number of benzene rings is 1. The molecule has 1 heterocycles. The summed E-state index contributed by atoms with van der Waals surface area (Å²) in [4.78, 5) is 4.39. The van der Waals surface area contributed by atoms with E-state index < -0.39 is 0 Å². The second-order valence-electron chi connectivity index (χ2n) is 6.83. The summed E-state index contributed by atoms with van der Waals surface area (Å²) in [6, 6.07) is 10.9. The normalized spacial score (nSPS) is 23.9. The summed E-state index contributed by atoms with van der Waals surface area (Å²) in [5.41, 5.74) is 1.49. The second-order valence-corrected chi connectivity index (χ2v) is 6.83. The maximum atomic E-state index is 8.21. The molecule has 1 aromatic carbocycles. The Hall–Kier alpha value is -1.68. The maximum Gasteiger partial charge on any atom is 0.138 e. The van der Waals surface area contributed by atoms with Crippen molar-refractivity contribution in [3.63, 3.8) is 0 Å². The Balaban J connectivity index is 0.000000267. The fraction of sp³-hybridized carbons (Fsp3) is 0.579. The molecule has 2 saturated carbocycles. The van der Waals surface area contributed by atoms with Crippen molar-refractivity contribution in [2.24, 2.45) is 13.0 Å². The first-order valence-electron chi connectivity index (χ1n) is 8.77. The van der Waals surface area contributed by atoms with E-state index in [4.69, 9.17) is 5.11 Å². The van der Waals surface area contributed by atoms with Gasteiger partial charge in [-0.2, -0.15) is 5.10 Å². The van der Waals surface area contributed by atoms with Crippen molar-refractivity contribution in [3.05, 3.63) is 48.0 Å². The van der Waals surface area contributed by atoms with Gasteiger partial charge in [-0.15, -0.1) is 0 Å². The quantitative estimate of drug-likeness (QED) is 0.941. The summed E-state index contributed by atoms with van der Waals surface area (Å²) in [7, 11) is 1.99. The highest BCUT2D eigenvalue weighted by Gasteiger charge is 2.25. The zero-order valence-electron chi connectivity index (χ0n) is 13.9. The summed E-state index contributed by atoms with van der Waals surface area (Å²) < 4.78 is 1.92. The molecule has 0 spiro atoms. The van der Waals surface area contributed by atoms with Gasteiger partial charge < -0.3 is 5.11 Å². The third-order valence-corrected chi connectivity index (χ3v) is 5.06. The van der Waals surface area contributed by atoms with Gasteiger partial charge in [-0.25, -0.2) is 4.98 Å². The number of aliphatic hydroxyl groups is 1. The van der Waals surface area contributed by atoms with Gasteiger partial charge in [-0.05, 0) is 55.9 Å². The van der Waals surface area contributed by atoms with Gasteiger partial charge in [0.05, 0.1) is 0 Å². The third kappa shape index (κ3) is 4.41. The first kappa shape index (κ1) is 16.2. The molecule has 4 nitrogen and oxygen atoms in total. The molecule has 0 saturated heterocycles. The van der Waals surface area contributed by atoms with Crippen molar-refractivity contribution in [2.45, 2.75) is 50.4 Å². The van der Waals surface area contributed by atoms with E-state index in [1.807, 2.05) is 11.7 Å². The van der Waals surface area contributed by atoms with Crippen LogP contribution in [0.2, 0.25) is 0 Å². The smallest absolute Gasteiger partial charge is 0.138 e. The van der Waals surface area contributed by atoms with Crippen LogP contribution >= 0.6 is 0 Å². The zero-order chi connectivity index (χ0) is 16.1. The largest absolute Gasteiger partial charge is 0.396 e. The van der Waals surface area contributed by atoms with Crippen molar-refractivity contribution < 1.29 is 5.11 Å². The van der Waals surface area contributed by atoms with Gasteiger partial charge in [0.15, 0.2) is 0 Å². The Morgan fingerprint density at radius 1 is 1.00 bits per heavy atom. The molecule has 124 valence electrons. The molecule has 4 rings (SSSR count). The van der Waals surface area contributed by atoms with Crippen LogP contribution < -0.4 is 0 Å². The molecule has 2 fully saturated rings. The lowest BCUT2D eigenvalue weighted by atomic mass is 9.78. The molecular weight excluding hydrogens is 286 g/mol. The molecule has 0 aliphatic heterocycles. The van der Waals surface area contributed by atoms with E-state index in [9.17, 15) is 0 Å². The number of aliphatic hydroxyl groups excluding tert-OH is 1. The Bertz CT molecular complexity index is 584. The standard InChI is InChI=1S/C15H19N3.C4H8O/c1-18-15(16-11-17-18)14-9-7-13(8-10-14)12-5-3-2-4-6-12;5-3-4-1-2-4/h2-6,11,13-14H,7-10H2,1H3;4-5H,1-3H2. The van der Waals surface area contributed by atoms with Gasteiger partial charge in [-0.3, -0.25) is 4.68 Å². The fourth-order valence-electron chi connectivity index (χ4n) is 3.39. The lowest BCUT2D eigenvalue weighted by Crippen LogP contribution is -2.15. The Morgan fingerprint density at radius 3 is 2.13 bits per heavy atom. The van der Waals surface area contributed by atoms with E-state index in [-0.39, 0.29) is 0 Å². The number of hydrogen-bond donors (Lipinski definition) is 1. The minimum absolute atomic E-state index is 0.417. The van der Waals surface area contributed by atoms with Crippen LogP contribution in [0.4, 0.5) is 0 Å². The number of hydrogen-bond acceptors (Lipinski definition) is 3. The van der Waals surface area contributed by atoms with Crippen LogP contribution in [-0.2, 0) is 7.05 Å². The second kappa shape index (κ2) is 7.73. The van der Waals surface area contributed by atoms with Crippen molar-refractivity contribution in [3.8, 4) is 0 Å². The molecule has 0 bridgehead atoms. The minimum Gasteiger partial charge on any atom is -0.396 e. The molecule has 1 N–H and O–H groups in total. The topological polar surface area (TPSA) is 50.9 Å². The summed E-state index contributed by atoms with van der Waals surface area (Å²) in [5.74, 6) is 3.17. The van der Waals surface area contributed by atoms with Gasteiger partial charge in [-0.1, -0.05) is 30.3 Å². The summed E-state index contributed by atoms with van der Waals surface area (Å²) in [6.07, 6.45) is 9.17. The van der Waals surface area contributed by atoms with Gasteiger partial charge in [0.1, 0.15) is 12.2 Å². The zero-order valence-corrected chi connectivity index (χ0v) is 13.9. The van der Waals surface area contributed by atoms with E-state index in [2.05, 4.69) is 40.4 Å². The number of rotatable bonds is 3. The van der Waals surface area contributed by atoms with Gasteiger partial charge in [0, 0.05) is 19.6 Å². The fourth-order valence-corrected chi connectivity index (χ4v) is 3.39. The average Bonchev–Trinajstić information content (AvgIpc) is 3.37. The van der Waals surface area contributed by atoms with E-state index >= 15 is 0 Å². The molecule has 2 aromatic rings. The lowest BCUT2D eigenvalue weighted by Gasteiger charge is -2.28.